The highest BCUT2D eigenvalue weighted by Crippen LogP contribution is 2.32. The molecule has 0 amide bonds. The molecule has 1 aromatic heterocycles. The Hall–Kier alpha value is -1.09. The van der Waals surface area contributed by atoms with E-state index < -0.39 is 0 Å². The molecule has 0 radical (unpaired) electrons. The molecule has 2 aliphatic rings. The molecule has 2 bridgehead atoms. The van der Waals surface area contributed by atoms with Crippen molar-refractivity contribution < 1.29 is 4.42 Å². The summed E-state index contributed by atoms with van der Waals surface area (Å²) in [6, 6.07) is 1.38. The molecule has 1 fully saturated rings. The van der Waals surface area contributed by atoms with E-state index in [2.05, 4.69) is 22.0 Å². The average Bonchev–Trinajstić information content (AvgIpc) is 2.75. The number of hydrogen-bond donors (Lipinski definition) is 0. The number of aromatic nitrogens is 1. The van der Waals surface area contributed by atoms with Gasteiger partial charge in [0.25, 0.3) is 0 Å². The van der Waals surface area contributed by atoms with E-state index in [4.69, 9.17) is 4.42 Å². The lowest BCUT2D eigenvalue weighted by molar-refractivity contribution is 0.197. The first-order valence-corrected chi connectivity index (χ1v) is 5.23. The van der Waals surface area contributed by atoms with Gasteiger partial charge < -0.3 is 4.42 Å². The van der Waals surface area contributed by atoms with Gasteiger partial charge in [0.1, 0.15) is 6.26 Å². The molecule has 1 aromatic rings. The molecule has 1 saturated heterocycles. The van der Waals surface area contributed by atoms with Crippen LogP contribution in [0.4, 0.5) is 0 Å². The molecule has 3 rings (SSSR count). The van der Waals surface area contributed by atoms with Crippen molar-refractivity contribution in [1.29, 1.82) is 0 Å². The molecule has 0 spiro atoms. The van der Waals surface area contributed by atoms with Crippen LogP contribution in [0.15, 0.2) is 29.2 Å². The van der Waals surface area contributed by atoms with Crippen molar-refractivity contribution in [2.24, 2.45) is 0 Å². The summed E-state index contributed by atoms with van der Waals surface area (Å²) in [6.07, 6.45) is 11.8. The lowest BCUT2D eigenvalue weighted by Gasteiger charge is -2.30. The molecular weight excluding hydrogens is 176 g/mol. The lowest BCUT2D eigenvalue weighted by Crippen LogP contribution is -2.36. The second-order valence-electron chi connectivity index (χ2n) is 4.11. The summed E-state index contributed by atoms with van der Waals surface area (Å²) < 4.78 is 4.99. The number of hydrogen-bond acceptors (Lipinski definition) is 3. The summed E-state index contributed by atoms with van der Waals surface area (Å²) in [4.78, 5) is 6.71. The van der Waals surface area contributed by atoms with Gasteiger partial charge in [0.05, 0.1) is 5.69 Å². The highest BCUT2D eigenvalue weighted by Gasteiger charge is 2.33. The molecule has 0 saturated carbocycles. The Labute approximate surface area is 83.4 Å². The van der Waals surface area contributed by atoms with E-state index in [-0.39, 0.29) is 0 Å². The van der Waals surface area contributed by atoms with Crippen LogP contribution >= 0.6 is 0 Å². The molecular formula is C11H14N2O. The summed E-state index contributed by atoms with van der Waals surface area (Å²) >= 11 is 0. The van der Waals surface area contributed by atoms with Gasteiger partial charge in [-0.15, -0.1) is 0 Å². The van der Waals surface area contributed by atoms with Crippen LogP contribution < -0.4 is 0 Å². The average molecular weight is 190 g/mol. The number of nitrogens with zero attached hydrogens (tertiary/aromatic N) is 2. The smallest absolute Gasteiger partial charge is 0.180 e. The predicted octanol–water partition coefficient (Wildman–Crippen LogP) is 1.97. The molecule has 0 aromatic carbocycles. The molecule has 3 nitrogen and oxygen atoms in total. The van der Waals surface area contributed by atoms with Crippen LogP contribution in [0.25, 0.3) is 0 Å². The van der Waals surface area contributed by atoms with Crippen molar-refractivity contribution in [3.8, 4) is 0 Å². The minimum absolute atomic E-state index is 0.644. The minimum atomic E-state index is 0.644. The summed E-state index contributed by atoms with van der Waals surface area (Å²) in [6.45, 7) is 0.941. The normalized spacial score (nSPS) is 31.1. The van der Waals surface area contributed by atoms with Crippen LogP contribution in [-0.4, -0.2) is 22.0 Å². The molecule has 2 aliphatic heterocycles. The SMILES string of the molecule is C1=CC2CCC(C1)N2Cc1cocn1. The van der Waals surface area contributed by atoms with Gasteiger partial charge in [-0.2, -0.15) is 0 Å². The third-order valence-corrected chi connectivity index (χ3v) is 3.29. The molecule has 2 atom stereocenters. The quantitative estimate of drug-likeness (QED) is 0.668. The van der Waals surface area contributed by atoms with Crippen LogP contribution in [0.5, 0.6) is 0 Å². The maximum Gasteiger partial charge on any atom is 0.180 e. The molecule has 2 unspecified atom stereocenters. The third-order valence-electron chi connectivity index (χ3n) is 3.29. The van der Waals surface area contributed by atoms with Gasteiger partial charge in [-0.3, -0.25) is 4.90 Å². The van der Waals surface area contributed by atoms with Crippen molar-refractivity contribution in [3.63, 3.8) is 0 Å². The zero-order valence-corrected chi connectivity index (χ0v) is 8.10. The second kappa shape index (κ2) is 3.24. The summed E-state index contributed by atoms with van der Waals surface area (Å²) in [7, 11) is 0. The maximum atomic E-state index is 4.99. The zero-order chi connectivity index (χ0) is 9.38. The minimum Gasteiger partial charge on any atom is -0.451 e. The van der Waals surface area contributed by atoms with Crippen molar-refractivity contribution in [2.45, 2.75) is 37.9 Å². The summed E-state index contributed by atoms with van der Waals surface area (Å²) in [5.74, 6) is 0. The zero-order valence-electron chi connectivity index (χ0n) is 8.10. The van der Waals surface area contributed by atoms with Gasteiger partial charge in [0.2, 0.25) is 0 Å². The first kappa shape index (κ1) is 8.24. The molecule has 3 heteroatoms. The molecule has 74 valence electrons. The summed E-state index contributed by atoms with van der Waals surface area (Å²) in [5.41, 5.74) is 1.05. The van der Waals surface area contributed by atoms with Crippen molar-refractivity contribution in [1.82, 2.24) is 9.88 Å². The molecule has 0 aliphatic carbocycles. The van der Waals surface area contributed by atoms with E-state index in [0.29, 0.717) is 6.04 Å². The van der Waals surface area contributed by atoms with Crippen LogP contribution in [-0.2, 0) is 6.54 Å². The van der Waals surface area contributed by atoms with Crippen LogP contribution in [0.3, 0.4) is 0 Å². The number of fused-ring (bicyclic) bond motifs is 2. The Balaban J connectivity index is 1.77. The van der Waals surface area contributed by atoms with Gasteiger partial charge >= 0.3 is 0 Å². The Bertz CT molecular complexity index is 331. The highest BCUT2D eigenvalue weighted by molar-refractivity contribution is 5.09. The molecule has 3 heterocycles. The van der Waals surface area contributed by atoms with Gasteiger partial charge in [-0.1, -0.05) is 12.2 Å². The summed E-state index contributed by atoms with van der Waals surface area (Å²) in [5, 5.41) is 0. The van der Waals surface area contributed by atoms with E-state index in [1.165, 1.54) is 25.7 Å². The number of rotatable bonds is 2. The van der Waals surface area contributed by atoms with Crippen LogP contribution in [0, 0.1) is 0 Å². The van der Waals surface area contributed by atoms with E-state index in [9.17, 15) is 0 Å². The standard InChI is InChI=1S/C11H14N2O/c1-2-10-4-5-11(3-1)13(10)6-9-7-14-8-12-9/h1-2,7-8,10-11H,3-6H2. The van der Waals surface area contributed by atoms with E-state index >= 15 is 0 Å². The monoisotopic (exact) mass is 190 g/mol. The van der Waals surface area contributed by atoms with Crippen LogP contribution in [0.1, 0.15) is 25.0 Å². The first-order chi connectivity index (χ1) is 6.93. The van der Waals surface area contributed by atoms with E-state index in [1.54, 1.807) is 6.26 Å². The predicted molar refractivity (Wildman–Crippen MR) is 52.6 cm³/mol. The van der Waals surface area contributed by atoms with Crippen LogP contribution in [0.2, 0.25) is 0 Å². The van der Waals surface area contributed by atoms with Gasteiger partial charge in [0, 0.05) is 18.6 Å². The fourth-order valence-corrected chi connectivity index (χ4v) is 2.57. The Kier molecular flexibility index (Phi) is 1.91. The van der Waals surface area contributed by atoms with Crippen molar-refractivity contribution >= 4 is 0 Å². The topological polar surface area (TPSA) is 29.3 Å². The maximum absolute atomic E-state index is 4.99. The van der Waals surface area contributed by atoms with Gasteiger partial charge in [0.15, 0.2) is 6.39 Å². The highest BCUT2D eigenvalue weighted by atomic mass is 16.3. The van der Waals surface area contributed by atoms with E-state index in [0.717, 1.165) is 18.3 Å². The Morgan fingerprint density at radius 3 is 3.29 bits per heavy atom. The third kappa shape index (κ3) is 1.28. The second-order valence-corrected chi connectivity index (χ2v) is 4.11. The number of oxazole rings is 1. The molecule has 14 heavy (non-hydrogen) atoms. The lowest BCUT2D eigenvalue weighted by atomic mass is 10.1. The van der Waals surface area contributed by atoms with Crippen molar-refractivity contribution in [3.05, 3.63) is 30.5 Å². The van der Waals surface area contributed by atoms with Gasteiger partial charge in [-0.05, 0) is 19.3 Å². The first-order valence-electron chi connectivity index (χ1n) is 5.23. The fourth-order valence-electron chi connectivity index (χ4n) is 2.57. The van der Waals surface area contributed by atoms with E-state index in [1.807, 2.05) is 0 Å². The van der Waals surface area contributed by atoms with Gasteiger partial charge in [-0.25, -0.2) is 4.98 Å². The Morgan fingerprint density at radius 1 is 1.50 bits per heavy atom. The Morgan fingerprint density at radius 2 is 2.50 bits per heavy atom. The largest absolute Gasteiger partial charge is 0.451 e. The fraction of sp³-hybridized carbons (Fsp3) is 0.545. The molecule has 0 N–H and O–H groups in total. The van der Waals surface area contributed by atoms with Crippen molar-refractivity contribution in [2.75, 3.05) is 0 Å².